The van der Waals surface area contributed by atoms with Crippen LogP contribution in [-0.2, 0) is 4.79 Å². The summed E-state index contributed by atoms with van der Waals surface area (Å²) in [4.78, 5) is 15.5. The third kappa shape index (κ3) is 4.81. The van der Waals surface area contributed by atoms with Gasteiger partial charge in [0.25, 0.3) is 5.91 Å². The lowest BCUT2D eigenvalue weighted by atomic mass is 9.94. The molecule has 1 aromatic carbocycles. The first-order valence-electron chi connectivity index (χ1n) is 9.52. The summed E-state index contributed by atoms with van der Waals surface area (Å²) in [5.74, 6) is 1.28. The van der Waals surface area contributed by atoms with Gasteiger partial charge < -0.3 is 9.47 Å². The van der Waals surface area contributed by atoms with Gasteiger partial charge in [-0.2, -0.15) is 0 Å². The fourth-order valence-corrected chi connectivity index (χ4v) is 5.48. The summed E-state index contributed by atoms with van der Waals surface area (Å²) in [6.07, 6.45) is 9.22. The molecule has 1 aliphatic heterocycles. The van der Waals surface area contributed by atoms with Crippen molar-refractivity contribution in [3.05, 3.63) is 39.7 Å². The first-order valence-corrected chi connectivity index (χ1v) is 11.5. The Morgan fingerprint density at radius 1 is 1.32 bits per heavy atom. The third-order valence-electron chi connectivity index (χ3n) is 4.74. The van der Waals surface area contributed by atoms with E-state index in [1.807, 2.05) is 30.0 Å². The largest absolute Gasteiger partial charge is 0.490 e. The van der Waals surface area contributed by atoms with Crippen LogP contribution in [0.4, 0.5) is 0 Å². The number of hydrogen-bond donors (Lipinski definition) is 0. The molecule has 0 spiro atoms. The van der Waals surface area contributed by atoms with Gasteiger partial charge in [-0.05, 0) is 59.5 Å². The van der Waals surface area contributed by atoms with Crippen molar-refractivity contribution >= 4 is 56.2 Å². The highest BCUT2D eigenvalue weighted by Gasteiger charge is 2.37. The summed E-state index contributed by atoms with van der Waals surface area (Å²) in [7, 11) is 0. The molecule has 4 nitrogen and oxygen atoms in total. The lowest BCUT2D eigenvalue weighted by Crippen LogP contribution is -2.39. The number of carbonyl (C=O) groups is 1. The van der Waals surface area contributed by atoms with E-state index in [-0.39, 0.29) is 11.9 Å². The Labute approximate surface area is 184 Å². The van der Waals surface area contributed by atoms with Crippen molar-refractivity contribution in [2.45, 2.75) is 45.1 Å². The Morgan fingerprint density at radius 3 is 2.75 bits per heavy atom. The molecule has 28 heavy (non-hydrogen) atoms. The van der Waals surface area contributed by atoms with Crippen LogP contribution < -0.4 is 9.47 Å². The lowest BCUT2D eigenvalue weighted by Gasteiger charge is -2.29. The summed E-state index contributed by atoms with van der Waals surface area (Å²) in [6, 6.07) is 4.06. The number of hydrogen-bond acceptors (Lipinski definition) is 5. The monoisotopic (exact) mass is 481 g/mol. The minimum Gasteiger partial charge on any atom is -0.490 e. The second kappa shape index (κ2) is 9.94. The van der Waals surface area contributed by atoms with E-state index in [1.165, 1.54) is 18.2 Å². The maximum atomic E-state index is 13.0. The van der Waals surface area contributed by atoms with Gasteiger partial charge in [0.05, 0.1) is 16.0 Å². The van der Waals surface area contributed by atoms with Crippen LogP contribution in [-0.4, -0.2) is 34.4 Å². The summed E-state index contributed by atoms with van der Waals surface area (Å²) >= 11 is 10.5. The number of thioether (sulfide) groups is 1. The van der Waals surface area contributed by atoms with Gasteiger partial charge in [-0.15, -0.1) is 0 Å². The van der Waals surface area contributed by atoms with Crippen LogP contribution in [0, 0.1) is 0 Å². The van der Waals surface area contributed by atoms with Gasteiger partial charge in [-0.25, -0.2) is 0 Å². The second-order valence-electron chi connectivity index (χ2n) is 6.71. The molecule has 150 valence electrons. The van der Waals surface area contributed by atoms with Crippen molar-refractivity contribution in [1.29, 1.82) is 0 Å². The molecular weight excluding hydrogens is 458 g/mol. The number of rotatable bonds is 7. The standard InChI is InChI=1S/C21H24BrNO3S2/c1-3-10-26-19-16(22)11-14(12-17(19)25-4-2)13-18-20(24)23(21(27)28-18)15-8-6-5-7-9-15/h3,11-13,15H,1,4-10H2,2H3/b18-13-. The molecule has 0 bridgehead atoms. The van der Waals surface area contributed by atoms with E-state index in [9.17, 15) is 4.79 Å². The number of nitrogens with zero attached hydrogens (tertiary/aromatic N) is 1. The van der Waals surface area contributed by atoms with E-state index in [2.05, 4.69) is 22.5 Å². The van der Waals surface area contributed by atoms with Crippen molar-refractivity contribution in [3.8, 4) is 11.5 Å². The normalized spacial score (nSPS) is 19.4. The number of carbonyl (C=O) groups excluding carboxylic acids is 1. The molecule has 2 fully saturated rings. The van der Waals surface area contributed by atoms with Crippen molar-refractivity contribution in [1.82, 2.24) is 4.90 Å². The molecule has 0 atom stereocenters. The van der Waals surface area contributed by atoms with Gasteiger partial charge in [0.1, 0.15) is 10.9 Å². The smallest absolute Gasteiger partial charge is 0.266 e. The van der Waals surface area contributed by atoms with Crippen LogP contribution in [0.15, 0.2) is 34.2 Å². The number of benzene rings is 1. The summed E-state index contributed by atoms with van der Waals surface area (Å²) in [5.41, 5.74) is 0.866. The van der Waals surface area contributed by atoms with Gasteiger partial charge in [0.15, 0.2) is 11.5 Å². The highest BCUT2D eigenvalue weighted by molar-refractivity contribution is 9.10. The minimum absolute atomic E-state index is 0.0166. The molecule has 1 aromatic rings. The Hall–Kier alpha value is -1.31. The van der Waals surface area contributed by atoms with Crippen LogP contribution in [0.3, 0.4) is 0 Å². The predicted molar refractivity (Wildman–Crippen MR) is 123 cm³/mol. The average molecular weight is 482 g/mol. The highest BCUT2D eigenvalue weighted by atomic mass is 79.9. The van der Waals surface area contributed by atoms with Crippen molar-refractivity contribution in [2.75, 3.05) is 13.2 Å². The molecule has 1 saturated heterocycles. The summed E-state index contributed by atoms with van der Waals surface area (Å²) in [6.45, 7) is 6.51. The van der Waals surface area contributed by atoms with Crippen LogP contribution in [0.5, 0.6) is 11.5 Å². The summed E-state index contributed by atoms with van der Waals surface area (Å²) in [5, 5.41) is 0. The molecule has 1 heterocycles. The van der Waals surface area contributed by atoms with E-state index < -0.39 is 0 Å². The molecule has 0 aromatic heterocycles. The zero-order valence-electron chi connectivity index (χ0n) is 15.9. The Balaban J connectivity index is 1.87. The number of amides is 1. The molecule has 0 radical (unpaired) electrons. The number of thiocarbonyl (C=S) groups is 1. The van der Waals surface area contributed by atoms with E-state index in [1.54, 1.807) is 6.08 Å². The zero-order valence-corrected chi connectivity index (χ0v) is 19.1. The number of ether oxygens (including phenoxy) is 2. The first-order chi connectivity index (χ1) is 13.5. The minimum atomic E-state index is 0.0166. The van der Waals surface area contributed by atoms with Crippen LogP contribution >= 0.6 is 39.9 Å². The third-order valence-corrected chi connectivity index (χ3v) is 6.66. The molecule has 3 rings (SSSR count). The molecule has 1 saturated carbocycles. The fraction of sp³-hybridized carbons (Fsp3) is 0.429. The second-order valence-corrected chi connectivity index (χ2v) is 9.24. The average Bonchev–Trinajstić information content (AvgIpc) is 2.95. The highest BCUT2D eigenvalue weighted by Crippen LogP contribution is 2.40. The maximum Gasteiger partial charge on any atom is 0.266 e. The van der Waals surface area contributed by atoms with Gasteiger partial charge >= 0.3 is 0 Å². The molecule has 7 heteroatoms. The predicted octanol–water partition coefficient (Wildman–Crippen LogP) is 5.95. The van der Waals surface area contributed by atoms with E-state index in [4.69, 9.17) is 21.7 Å². The summed E-state index contributed by atoms with van der Waals surface area (Å²) < 4.78 is 12.9. The molecule has 2 aliphatic rings. The Bertz CT molecular complexity index is 803. The quantitative estimate of drug-likeness (QED) is 0.273. The van der Waals surface area contributed by atoms with Crippen LogP contribution in [0.25, 0.3) is 6.08 Å². The van der Waals surface area contributed by atoms with Gasteiger partial charge in [0, 0.05) is 6.04 Å². The molecular formula is C21H24BrNO3S2. The van der Waals surface area contributed by atoms with Crippen LogP contribution in [0.2, 0.25) is 0 Å². The van der Waals surface area contributed by atoms with Crippen LogP contribution in [0.1, 0.15) is 44.6 Å². The molecule has 1 aliphatic carbocycles. The first kappa shape index (κ1) is 21.4. The maximum absolute atomic E-state index is 13.0. The van der Waals surface area contributed by atoms with Gasteiger partial charge in [0.2, 0.25) is 0 Å². The van der Waals surface area contributed by atoms with Crippen molar-refractivity contribution in [3.63, 3.8) is 0 Å². The topological polar surface area (TPSA) is 38.8 Å². The molecule has 0 N–H and O–H groups in total. The molecule has 1 amide bonds. The Kier molecular flexibility index (Phi) is 7.60. The lowest BCUT2D eigenvalue weighted by molar-refractivity contribution is -0.124. The van der Waals surface area contributed by atoms with E-state index >= 15 is 0 Å². The SMILES string of the molecule is C=CCOc1c(Br)cc(/C=C2\SC(=S)N(C3CCCCC3)C2=O)cc1OCC. The zero-order chi connectivity index (χ0) is 20.1. The fourth-order valence-electron chi connectivity index (χ4n) is 3.50. The van der Waals surface area contributed by atoms with Crippen molar-refractivity contribution in [2.24, 2.45) is 0 Å². The van der Waals surface area contributed by atoms with E-state index in [0.717, 1.165) is 35.7 Å². The molecule has 0 unspecified atom stereocenters. The van der Waals surface area contributed by atoms with Gasteiger partial charge in [-0.1, -0.05) is 55.9 Å². The van der Waals surface area contributed by atoms with Gasteiger partial charge in [-0.3, -0.25) is 9.69 Å². The number of halogens is 1. The Morgan fingerprint density at radius 2 is 2.07 bits per heavy atom. The van der Waals surface area contributed by atoms with E-state index in [0.29, 0.717) is 33.9 Å². The van der Waals surface area contributed by atoms with Crippen molar-refractivity contribution < 1.29 is 14.3 Å².